The monoisotopic (exact) mass is 344 g/mol. The van der Waals surface area contributed by atoms with E-state index < -0.39 is 0 Å². The van der Waals surface area contributed by atoms with Crippen molar-refractivity contribution in [3.63, 3.8) is 0 Å². The molecular formula is C16H20N6O3. The van der Waals surface area contributed by atoms with Crippen molar-refractivity contribution in [2.75, 3.05) is 31.1 Å². The number of aromatic nitrogens is 4. The highest BCUT2D eigenvalue weighted by atomic mass is 16.5. The minimum atomic E-state index is -0.253. The van der Waals surface area contributed by atoms with E-state index in [1.54, 1.807) is 31.4 Å². The highest BCUT2D eigenvalue weighted by molar-refractivity contribution is 5.91. The Hall–Kier alpha value is -2.81. The summed E-state index contributed by atoms with van der Waals surface area (Å²) in [5.41, 5.74) is 0.941. The van der Waals surface area contributed by atoms with Crippen molar-refractivity contribution in [2.24, 2.45) is 7.05 Å². The molecule has 0 spiro atoms. The standard InChI is InChI=1S/C16H20N6O3/c1-21-15(23)9-12(10-19-21)22-7-8-25-13(11-22)4-6-17-16(24)14-3-2-5-18-20-14/h2-3,5,9-10,13H,4,6-8,11H2,1H3,(H,17,24)/t13-/m1/s1. The number of ether oxygens (including phenoxy) is 1. The molecule has 0 aliphatic carbocycles. The molecule has 0 radical (unpaired) electrons. The van der Waals surface area contributed by atoms with Gasteiger partial charge in [0.15, 0.2) is 5.69 Å². The van der Waals surface area contributed by atoms with E-state index in [2.05, 4.69) is 25.5 Å². The number of amides is 1. The summed E-state index contributed by atoms with van der Waals surface area (Å²) in [6, 6.07) is 4.86. The van der Waals surface area contributed by atoms with Gasteiger partial charge in [-0.1, -0.05) is 0 Å². The molecule has 1 amide bonds. The maximum atomic E-state index is 11.9. The lowest BCUT2D eigenvalue weighted by Gasteiger charge is -2.34. The number of morpholine rings is 1. The molecule has 2 aromatic heterocycles. The Kier molecular flexibility index (Phi) is 5.34. The van der Waals surface area contributed by atoms with Gasteiger partial charge < -0.3 is 15.0 Å². The fraction of sp³-hybridized carbons (Fsp3) is 0.438. The van der Waals surface area contributed by atoms with Crippen LogP contribution in [-0.2, 0) is 11.8 Å². The molecule has 0 unspecified atom stereocenters. The first-order valence-corrected chi connectivity index (χ1v) is 8.09. The molecule has 25 heavy (non-hydrogen) atoms. The van der Waals surface area contributed by atoms with Crippen LogP contribution in [0, 0.1) is 0 Å². The predicted molar refractivity (Wildman–Crippen MR) is 90.4 cm³/mol. The van der Waals surface area contributed by atoms with Gasteiger partial charge in [-0.25, -0.2) is 4.68 Å². The Balaban J connectivity index is 1.51. The molecule has 0 aromatic carbocycles. The summed E-state index contributed by atoms with van der Waals surface area (Å²) >= 11 is 0. The maximum Gasteiger partial charge on any atom is 0.271 e. The molecule has 1 fully saturated rings. The Bertz CT molecular complexity index is 779. The zero-order valence-electron chi connectivity index (χ0n) is 14.0. The second-order valence-corrected chi connectivity index (χ2v) is 5.77. The fourth-order valence-corrected chi connectivity index (χ4v) is 2.62. The van der Waals surface area contributed by atoms with E-state index in [-0.39, 0.29) is 17.6 Å². The van der Waals surface area contributed by atoms with Gasteiger partial charge in [0.25, 0.3) is 11.5 Å². The molecule has 3 heterocycles. The van der Waals surface area contributed by atoms with Crippen LogP contribution in [0.25, 0.3) is 0 Å². The number of nitrogens with one attached hydrogen (secondary N) is 1. The molecular weight excluding hydrogens is 324 g/mol. The van der Waals surface area contributed by atoms with Gasteiger partial charge in [-0.2, -0.15) is 10.2 Å². The number of hydrogen-bond donors (Lipinski definition) is 1. The molecule has 1 aliphatic heterocycles. The van der Waals surface area contributed by atoms with Crippen LogP contribution in [0.2, 0.25) is 0 Å². The summed E-state index contributed by atoms with van der Waals surface area (Å²) in [5.74, 6) is -0.253. The first-order valence-electron chi connectivity index (χ1n) is 8.09. The van der Waals surface area contributed by atoms with Crippen LogP contribution in [0.5, 0.6) is 0 Å². The lowest BCUT2D eigenvalue weighted by atomic mass is 10.2. The van der Waals surface area contributed by atoms with Crippen molar-refractivity contribution in [1.29, 1.82) is 0 Å². The second-order valence-electron chi connectivity index (χ2n) is 5.77. The van der Waals surface area contributed by atoms with Gasteiger partial charge in [0.05, 0.1) is 24.6 Å². The van der Waals surface area contributed by atoms with E-state index in [1.807, 2.05) is 0 Å². The molecule has 1 N–H and O–H groups in total. The van der Waals surface area contributed by atoms with Gasteiger partial charge in [0.2, 0.25) is 0 Å². The predicted octanol–water partition coefficient (Wildman–Crippen LogP) is -0.404. The van der Waals surface area contributed by atoms with Crippen LogP contribution >= 0.6 is 0 Å². The Labute approximate surface area is 144 Å². The third kappa shape index (κ3) is 4.38. The van der Waals surface area contributed by atoms with Gasteiger partial charge >= 0.3 is 0 Å². The van der Waals surface area contributed by atoms with E-state index in [0.717, 1.165) is 5.69 Å². The third-order valence-electron chi connectivity index (χ3n) is 4.01. The van der Waals surface area contributed by atoms with Crippen molar-refractivity contribution >= 4 is 11.6 Å². The van der Waals surface area contributed by atoms with Crippen LogP contribution < -0.4 is 15.8 Å². The Morgan fingerprint density at radius 1 is 1.48 bits per heavy atom. The SMILES string of the molecule is Cn1ncc(N2CCO[C@H](CCNC(=O)c3cccnn3)C2)cc1=O. The first kappa shape index (κ1) is 17.0. The van der Waals surface area contributed by atoms with Gasteiger partial charge in [-0.3, -0.25) is 9.59 Å². The molecule has 132 valence electrons. The molecule has 9 nitrogen and oxygen atoms in total. The molecule has 1 atom stereocenters. The number of carbonyl (C=O) groups is 1. The van der Waals surface area contributed by atoms with Crippen molar-refractivity contribution in [3.8, 4) is 0 Å². The minimum absolute atomic E-state index is 0.0278. The summed E-state index contributed by atoms with van der Waals surface area (Å²) in [7, 11) is 1.62. The molecule has 1 saturated heterocycles. The minimum Gasteiger partial charge on any atom is -0.374 e. The summed E-state index contributed by atoms with van der Waals surface area (Å²) in [6.07, 6.45) is 3.84. The molecule has 9 heteroatoms. The number of aryl methyl sites for hydroxylation is 1. The zero-order valence-corrected chi connectivity index (χ0v) is 14.0. The summed E-state index contributed by atoms with van der Waals surface area (Å²) in [6.45, 7) is 2.40. The van der Waals surface area contributed by atoms with E-state index in [9.17, 15) is 9.59 Å². The van der Waals surface area contributed by atoms with Crippen LogP contribution in [-0.4, -0.2) is 58.2 Å². The number of carbonyl (C=O) groups excluding carboxylic acids is 1. The van der Waals surface area contributed by atoms with Crippen molar-refractivity contribution in [1.82, 2.24) is 25.3 Å². The fourth-order valence-electron chi connectivity index (χ4n) is 2.62. The summed E-state index contributed by atoms with van der Waals surface area (Å²) < 4.78 is 7.04. The van der Waals surface area contributed by atoms with Gasteiger partial charge in [-0.15, -0.1) is 5.10 Å². The van der Waals surface area contributed by atoms with Crippen molar-refractivity contribution < 1.29 is 9.53 Å². The zero-order chi connectivity index (χ0) is 17.6. The van der Waals surface area contributed by atoms with Crippen molar-refractivity contribution in [2.45, 2.75) is 12.5 Å². The van der Waals surface area contributed by atoms with Crippen LogP contribution in [0.15, 0.2) is 35.4 Å². The first-order chi connectivity index (χ1) is 12.1. The quantitative estimate of drug-likeness (QED) is 0.787. The van der Waals surface area contributed by atoms with Crippen LogP contribution in [0.1, 0.15) is 16.9 Å². The molecule has 0 bridgehead atoms. The lowest BCUT2D eigenvalue weighted by Crippen LogP contribution is -2.44. The summed E-state index contributed by atoms with van der Waals surface area (Å²) in [5, 5.41) is 14.3. The van der Waals surface area contributed by atoms with E-state index in [4.69, 9.17) is 4.74 Å². The van der Waals surface area contributed by atoms with Gasteiger partial charge in [0.1, 0.15) is 0 Å². The average molecular weight is 344 g/mol. The number of anilines is 1. The van der Waals surface area contributed by atoms with Crippen LogP contribution in [0.3, 0.4) is 0 Å². The Morgan fingerprint density at radius 3 is 3.12 bits per heavy atom. The van der Waals surface area contributed by atoms with E-state index >= 15 is 0 Å². The molecule has 0 saturated carbocycles. The highest BCUT2D eigenvalue weighted by Crippen LogP contribution is 2.16. The van der Waals surface area contributed by atoms with Gasteiger partial charge in [0, 0.05) is 38.9 Å². The molecule has 1 aliphatic rings. The normalized spacial score (nSPS) is 17.3. The Morgan fingerprint density at radius 2 is 2.36 bits per heavy atom. The topological polar surface area (TPSA) is 102 Å². The van der Waals surface area contributed by atoms with Crippen LogP contribution in [0.4, 0.5) is 5.69 Å². The summed E-state index contributed by atoms with van der Waals surface area (Å²) in [4.78, 5) is 25.7. The molecule has 3 rings (SSSR count). The number of rotatable bonds is 5. The lowest BCUT2D eigenvalue weighted by molar-refractivity contribution is 0.0353. The van der Waals surface area contributed by atoms with E-state index in [0.29, 0.717) is 38.4 Å². The third-order valence-corrected chi connectivity index (χ3v) is 4.01. The highest BCUT2D eigenvalue weighted by Gasteiger charge is 2.21. The molecule has 2 aromatic rings. The smallest absolute Gasteiger partial charge is 0.271 e. The average Bonchev–Trinajstić information content (AvgIpc) is 2.65. The second kappa shape index (κ2) is 7.84. The number of nitrogens with zero attached hydrogens (tertiary/aromatic N) is 5. The maximum absolute atomic E-state index is 11.9. The largest absolute Gasteiger partial charge is 0.374 e. The van der Waals surface area contributed by atoms with Crippen molar-refractivity contribution in [3.05, 3.63) is 46.6 Å². The number of hydrogen-bond acceptors (Lipinski definition) is 7. The van der Waals surface area contributed by atoms with E-state index in [1.165, 1.54) is 10.9 Å². The van der Waals surface area contributed by atoms with Gasteiger partial charge in [-0.05, 0) is 18.6 Å².